The predicted octanol–water partition coefficient (Wildman–Crippen LogP) is 3.41. The van der Waals surface area contributed by atoms with Crippen molar-refractivity contribution in [2.45, 2.75) is 40.5 Å². The Morgan fingerprint density at radius 3 is 2.52 bits per heavy atom. The Balaban J connectivity index is 2.54. The van der Waals surface area contributed by atoms with Crippen molar-refractivity contribution in [3.05, 3.63) is 29.8 Å². The number of aliphatic hydroxyl groups is 1. The van der Waals surface area contributed by atoms with Crippen LogP contribution in [0.25, 0.3) is 6.08 Å². The fourth-order valence-electron chi connectivity index (χ4n) is 2.26. The van der Waals surface area contributed by atoms with E-state index < -0.39 is 0 Å². The maximum atomic E-state index is 11.9. The zero-order chi connectivity index (χ0) is 18.7. The van der Waals surface area contributed by atoms with Gasteiger partial charge in [-0.3, -0.25) is 4.79 Å². The lowest BCUT2D eigenvalue weighted by Gasteiger charge is -2.20. The zero-order valence-electron chi connectivity index (χ0n) is 15.8. The number of hydrogen-bond acceptors (Lipinski definition) is 4. The van der Waals surface area contributed by atoms with Crippen molar-refractivity contribution in [2.24, 2.45) is 5.41 Å². The van der Waals surface area contributed by atoms with Gasteiger partial charge in [0, 0.05) is 19.2 Å². The van der Waals surface area contributed by atoms with E-state index in [1.165, 1.54) is 6.08 Å². The standard InChI is InChI=1S/C20H31NO4/c1-5-24-17-10-8-16(14-18(17)25-6-2)9-11-19(23)21-13-7-12-20(3,4)15-22/h8-11,14,22H,5-7,12-13,15H2,1-4H3,(H,21,23). The average Bonchev–Trinajstić information content (AvgIpc) is 2.59. The van der Waals surface area contributed by atoms with E-state index in [1.54, 1.807) is 6.08 Å². The van der Waals surface area contributed by atoms with Crippen molar-refractivity contribution in [3.63, 3.8) is 0 Å². The Kier molecular flexibility index (Phi) is 9.06. The van der Waals surface area contributed by atoms with E-state index in [0.29, 0.717) is 31.3 Å². The third kappa shape index (κ3) is 8.07. The van der Waals surface area contributed by atoms with Crippen molar-refractivity contribution in [2.75, 3.05) is 26.4 Å². The van der Waals surface area contributed by atoms with Gasteiger partial charge in [-0.05, 0) is 55.9 Å². The minimum absolute atomic E-state index is 0.0987. The number of ether oxygens (including phenoxy) is 2. The maximum Gasteiger partial charge on any atom is 0.243 e. The summed E-state index contributed by atoms with van der Waals surface area (Å²) in [5.74, 6) is 1.25. The molecule has 0 radical (unpaired) electrons. The summed E-state index contributed by atoms with van der Waals surface area (Å²) in [5.41, 5.74) is 0.780. The summed E-state index contributed by atoms with van der Waals surface area (Å²) in [6.45, 7) is 9.75. The predicted molar refractivity (Wildman–Crippen MR) is 101 cm³/mol. The molecule has 0 aliphatic heterocycles. The molecule has 1 aromatic carbocycles. The van der Waals surface area contributed by atoms with Gasteiger partial charge in [-0.25, -0.2) is 0 Å². The number of nitrogens with one attached hydrogen (secondary N) is 1. The van der Waals surface area contributed by atoms with E-state index in [0.717, 1.165) is 18.4 Å². The van der Waals surface area contributed by atoms with Crippen LogP contribution in [0.3, 0.4) is 0 Å². The Hall–Kier alpha value is -2.01. The molecule has 0 aliphatic carbocycles. The summed E-state index contributed by atoms with van der Waals surface area (Å²) < 4.78 is 11.1. The minimum atomic E-state index is -0.131. The molecule has 2 N–H and O–H groups in total. The quantitative estimate of drug-likeness (QED) is 0.474. The van der Waals surface area contributed by atoms with E-state index >= 15 is 0 Å². The number of amides is 1. The molecule has 0 heterocycles. The molecular weight excluding hydrogens is 318 g/mol. The Bertz CT molecular complexity index is 567. The molecule has 1 rings (SSSR count). The lowest BCUT2D eigenvalue weighted by Crippen LogP contribution is -2.24. The second kappa shape index (κ2) is 10.8. The Morgan fingerprint density at radius 2 is 1.88 bits per heavy atom. The van der Waals surface area contributed by atoms with Crippen LogP contribution in [0.15, 0.2) is 24.3 Å². The van der Waals surface area contributed by atoms with Crippen LogP contribution in [0.5, 0.6) is 11.5 Å². The van der Waals surface area contributed by atoms with Gasteiger partial charge in [-0.1, -0.05) is 19.9 Å². The number of hydrogen-bond donors (Lipinski definition) is 2. The van der Waals surface area contributed by atoms with E-state index in [9.17, 15) is 9.90 Å². The van der Waals surface area contributed by atoms with Gasteiger partial charge in [0.1, 0.15) is 0 Å². The molecule has 0 saturated heterocycles. The Morgan fingerprint density at radius 1 is 1.20 bits per heavy atom. The maximum absolute atomic E-state index is 11.9. The molecule has 0 bridgehead atoms. The monoisotopic (exact) mass is 349 g/mol. The fourth-order valence-corrected chi connectivity index (χ4v) is 2.26. The van der Waals surface area contributed by atoms with Crippen LogP contribution >= 0.6 is 0 Å². The molecule has 0 aromatic heterocycles. The molecule has 140 valence electrons. The van der Waals surface area contributed by atoms with Crippen LogP contribution < -0.4 is 14.8 Å². The molecule has 0 atom stereocenters. The minimum Gasteiger partial charge on any atom is -0.490 e. The van der Waals surface area contributed by atoms with Crippen LogP contribution in [0.4, 0.5) is 0 Å². The molecule has 5 nitrogen and oxygen atoms in total. The van der Waals surface area contributed by atoms with Gasteiger partial charge < -0.3 is 19.9 Å². The number of carbonyl (C=O) groups is 1. The van der Waals surface area contributed by atoms with Crippen LogP contribution in [-0.4, -0.2) is 37.4 Å². The van der Waals surface area contributed by atoms with Gasteiger partial charge in [-0.2, -0.15) is 0 Å². The van der Waals surface area contributed by atoms with Crippen LogP contribution in [0.1, 0.15) is 46.1 Å². The normalized spacial score (nSPS) is 11.6. The molecule has 0 unspecified atom stereocenters. The molecule has 0 aliphatic rings. The highest BCUT2D eigenvalue weighted by atomic mass is 16.5. The van der Waals surface area contributed by atoms with Crippen molar-refractivity contribution >= 4 is 12.0 Å². The van der Waals surface area contributed by atoms with Crippen LogP contribution in [-0.2, 0) is 4.79 Å². The SMILES string of the molecule is CCOc1ccc(C=CC(=O)NCCCC(C)(C)CO)cc1OCC. The zero-order valence-corrected chi connectivity index (χ0v) is 15.8. The van der Waals surface area contributed by atoms with Crippen molar-refractivity contribution in [3.8, 4) is 11.5 Å². The van der Waals surface area contributed by atoms with Crippen LogP contribution in [0, 0.1) is 5.41 Å². The molecule has 0 spiro atoms. The van der Waals surface area contributed by atoms with Gasteiger partial charge in [0.15, 0.2) is 11.5 Å². The highest BCUT2D eigenvalue weighted by Crippen LogP contribution is 2.29. The van der Waals surface area contributed by atoms with Crippen LogP contribution in [0.2, 0.25) is 0 Å². The summed E-state index contributed by atoms with van der Waals surface area (Å²) >= 11 is 0. The highest BCUT2D eigenvalue weighted by molar-refractivity contribution is 5.91. The van der Waals surface area contributed by atoms with Crippen molar-refractivity contribution in [1.82, 2.24) is 5.32 Å². The summed E-state index contributed by atoms with van der Waals surface area (Å²) in [5, 5.41) is 12.1. The lowest BCUT2D eigenvalue weighted by molar-refractivity contribution is -0.116. The first-order valence-corrected chi connectivity index (χ1v) is 8.88. The summed E-state index contributed by atoms with van der Waals surface area (Å²) in [7, 11) is 0. The van der Waals surface area contributed by atoms with E-state index in [2.05, 4.69) is 5.32 Å². The average molecular weight is 349 g/mol. The Labute approximate surface area is 151 Å². The topological polar surface area (TPSA) is 67.8 Å². The smallest absolute Gasteiger partial charge is 0.243 e. The molecule has 1 amide bonds. The molecule has 5 heteroatoms. The highest BCUT2D eigenvalue weighted by Gasteiger charge is 2.15. The third-order valence-corrected chi connectivity index (χ3v) is 3.75. The van der Waals surface area contributed by atoms with E-state index in [-0.39, 0.29) is 17.9 Å². The van der Waals surface area contributed by atoms with Gasteiger partial charge in [-0.15, -0.1) is 0 Å². The molecule has 25 heavy (non-hydrogen) atoms. The summed E-state index contributed by atoms with van der Waals surface area (Å²) in [4.78, 5) is 11.9. The number of carbonyl (C=O) groups excluding carboxylic acids is 1. The first kappa shape index (κ1) is 21.0. The van der Waals surface area contributed by atoms with Gasteiger partial charge in [0.2, 0.25) is 5.91 Å². The molecule has 0 fully saturated rings. The van der Waals surface area contributed by atoms with Crippen molar-refractivity contribution < 1.29 is 19.4 Å². The second-order valence-corrected chi connectivity index (χ2v) is 6.62. The van der Waals surface area contributed by atoms with E-state index in [4.69, 9.17) is 9.47 Å². The number of aliphatic hydroxyl groups excluding tert-OH is 1. The summed E-state index contributed by atoms with van der Waals surface area (Å²) in [6, 6.07) is 5.60. The first-order valence-electron chi connectivity index (χ1n) is 8.88. The number of rotatable bonds is 11. The fraction of sp³-hybridized carbons (Fsp3) is 0.550. The van der Waals surface area contributed by atoms with Gasteiger partial charge in [0.05, 0.1) is 13.2 Å². The number of benzene rings is 1. The second-order valence-electron chi connectivity index (χ2n) is 6.62. The van der Waals surface area contributed by atoms with E-state index in [1.807, 2.05) is 45.9 Å². The molecule has 1 aromatic rings. The summed E-state index contributed by atoms with van der Waals surface area (Å²) in [6.07, 6.45) is 4.97. The largest absolute Gasteiger partial charge is 0.490 e. The van der Waals surface area contributed by atoms with Gasteiger partial charge >= 0.3 is 0 Å². The van der Waals surface area contributed by atoms with Gasteiger partial charge in [0.25, 0.3) is 0 Å². The molecule has 0 saturated carbocycles. The lowest BCUT2D eigenvalue weighted by atomic mass is 9.89. The third-order valence-electron chi connectivity index (χ3n) is 3.75. The van der Waals surface area contributed by atoms with Crippen molar-refractivity contribution in [1.29, 1.82) is 0 Å². The molecular formula is C20H31NO4. The first-order chi connectivity index (χ1) is 11.9.